The first-order valence-electron chi connectivity index (χ1n) is 11.1. The van der Waals surface area contributed by atoms with Crippen LogP contribution in [0.1, 0.15) is 51.1 Å². The molecule has 1 fully saturated rings. The van der Waals surface area contributed by atoms with Gasteiger partial charge in [-0.05, 0) is 93.0 Å². The Morgan fingerprint density at radius 2 is 1.82 bits per heavy atom. The van der Waals surface area contributed by atoms with Crippen LogP contribution in [0.3, 0.4) is 0 Å². The number of anilines is 1. The Morgan fingerprint density at radius 1 is 1.12 bits per heavy atom. The van der Waals surface area contributed by atoms with Crippen LogP contribution in [0.5, 0.6) is 5.75 Å². The molecular formula is C25H28N2O5S2. The Labute approximate surface area is 204 Å². The summed E-state index contributed by atoms with van der Waals surface area (Å²) in [4.78, 5) is 15.5. The standard InChI is InChI=1S/C25H28N2O5S2/c1-15-10-22(27(12-19-5-6-19)34(30,31)25-26-18(4)14-33-25)23(11-16(15)2)32-13-21-8-7-20(24(28)29)9-17(21)3/h7-11,14,19H,5-6,12-13H2,1-4H3,(H,28,29). The largest absolute Gasteiger partial charge is 0.487 e. The summed E-state index contributed by atoms with van der Waals surface area (Å²) < 4.78 is 35.0. The van der Waals surface area contributed by atoms with E-state index in [4.69, 9.17) is 4.74 Å². The molecule has 0 radical (unpaired) electrons. The van der Waals surface area contributed by atoms with E-state index < -0.39 is 16.0 Å². The highest BCUT2D eigenvalue weighted by molar-refractivity contribution is 7.94. The van der Waals surface area contributed by atoms with Gasteiger partial charge in [0, 0.05) is 17.6 Å². The van der Waals surface area contributed by atoms with Gasteiger partial charge in [0.2, 0.25) is 4.34 Å². The topological polar surface area (TPSA) is 96.8 Å². The minimum atomic E-state index is -3.85. The third kappa shape index (κ3) is 5.10. The van der Waals surface area contributed by atoms with E-state index in [1.165, 1.54) is 4.31 Å². The number of benzene rings is 2. The summed E-state index contributed by atoms with van der Waals surface area (Å²) in [5.74, 6) is -0.191. The number of hydrogen-bond acceptors (Lipinski definition) is 6. The molecule has 0 spiro atoms. The van der Waals surface area contributed by atoms with Crippen LogP contribution in [0.4, 0.5) is 5.69 Å². The lowest BCUT2D eigenvalue weighted by molar-refractivity contribution is 0.0696. The number of hydrogen-bond donors (Lipinski definition) is 1. The zero-order valence-corrected chi connectivity index (χ0v) is 21.3. The van der Waals surface area contributed by atoms with Crippen LogP contribution >= 0.6 is 11.3 Å². The first-order valence-corrected chi connectivity index (χ1v) is 13.4. The number of aromatic nitrogens is 1. The van der Waals surface area contributed by atoms with Crippen molar-refractivity contribution in [1.29, 1.82) is 0 Å². The van der Waals surface area contributed by atoms with Gasteiger partial charge in [0.1, 0.15) is 12.4 Å². The van der Waals surface area contributed by atoms with Gasteiger partial charge in [0.05, 0.1) is 11.3 Å². The molecule has 1 saturated carbocycles. The van der Waals surface area contributed by atoms with Crippen LogP contribution in [-0.2, 0) is 16.6 Å². The molecule has 180 valence electrons. The predicted octanol–water partition coefficient (Wildman–Crippen LogP) is 5.26. The number of carbonyl (C=O) groups is 1. The maximum atomic E-state index is 13.7. The monoisotopic (exact) mass is 500 g/mol. The molecule has 1 aliphatic carbocycles. The molecule has 3 aromatic rings. The molecule has 0 aliphatic heterocycles. The molecular weight excluding hydrogens is 472 g/mol. The fourth-order valence-corrected chi connectivity index (χ4v) is 6.32. The second kappa shape index (κ2) is 9.38. The van der Waals surface area contributed by atoms with Crippen LogP contribution in [0.2, 0.25) is 0 Å². The molecule has 0 unspecified atom stereocenters. The van der Waals surface area contributed by atoms with Crippen molar-refractivity contribution in [3.05, 3.63) is 69.2 Å². The third-order valence-corrected chi connectivity index (χ3v) is 9.18. The average molecular weight is 501 g/mol. The zero-order chi connectivity index (χ0) is 24.6. The van der Waals surface area contributed by atoms with Gasteiger partial charge in [0.25, 0.3) is 10.0 Å². The van der Waals surface area contributed by atoms with E-state index in [1.54, 1.807) is 30.5 Å². The maximum absolute atomic E-state index is 13.7. The second-order valence-electron chi connectivity index (χ2n) is 8.87. The number of nitrogens with zero attached hydrogens (tertiary/aromatic N) is 2. The highest BCUT2D eigenvalue weighted by atomic mass is 32.2. The second-order valence-corrected chi connectivity index (χ2v) is 11.8. The van der Waals surface area contributed by atoms with Gasteiger partial charge in [0.15, 0.2) is 0 Å². The zero-order valence-electron chi connectivity index (χ0n) is 19.7. The number of thiazole rings is 1. The Balaban J connectivity index is 1.71. The molecule has 0 bridgehead atoms. The molecule has 9 heteroatoms. The van der Waals surface area contributed by atoms with Crippen molar-refractivity contribution in [3.8, 4) is 5.75 Å². The molecule has 7 nitrogen and oxygen atoms in total. The number of carboxylic acid groups (broad SMARTS) is 1. The van der Waals surface area contributed by atoms with Crippen molar-refractivity contribution < 1.29 is 23.1 Å². The predicted molar refractivity (Wildman–Crippen MR) is 132 cm³/mol. The van der Waals surface area contributed by atoms with E-state index >= 15 is 0 Å². The van der Waals surface area contributed by atoms with Crippen LogP contribution < -0.4 is 9.04 Å². The molecule has 0 saturated heterocycles. The molecule has 0 amide bonds. The molecule has 1 aromatic heterocycles. The van der Waals surface area contributed by atoms with Crippen molar-refractivity contribution in [2.24, 2.45) is 5.92 Å². The lowest BCUT2D eigenvalue weighted by Gasteiger charge is -2.26. The highest BCUT2D eigenvalue weighted by Crippen LogP contribution is 2.40. The molecule has 1 aliphatic rings. The van der Waals surface area contributed by atoms with E-state index in [9.17, 15) is 18.3 Å². The smallest absolute Gasteiger partial charge is 0.335 e. The van der Waals surface area contributed by atoms with Gasteiger partial charge in [-0.3, -0.25) is 4.31 Å². The van der Waals surface area contributed by atoms with Crippen LogP contribution in [0.25, 0.3) is 0 Å². The van der Waals surface area contributed by atoms with Crippen molar-refractivity contribution in [3.63, 3.8) is 0 Å². The third-order valence-electron chi connectivity index (χ3n) is 6.05. The molecule has 4 rings (SSSR count). The van der Waals surface area contributed by atoms with E-state index in [2.05, 4.69) is 4.98 Å². The number of ether oxygens (including phenoxy) is 1. The van der Waals surface area contributed by atoms with Crippen molar-refractivity contribution in [2.45, 2.75) is 51.5 Å². The lowest BCUT2D eigenvalue weighted by Crippen LogP contribution is -2.33. The van der Waals surface area contributed by atoms with Crippen LogP contribution in [0.15, 0.2) is 40.1 Å². The Bertz CT molecular complexity index is 1340. The van der Waals surface area contributed by atoms with E-state index in [1.807, 2.05) is 32.9 Å². The summed E-state index contributed by atoms with van der Waals surface area (Å²) in [5, 5.41) is 11.0. The SMILES string of the molecule is Cc1csc(S(=O)(=O)N(CC2CC2)c2cc(C)c(C)cc2OCc2ccc(C(=O)O)cc2C)n1. The van der Waals surface area contributed by atoms with E-state index in [-0.39, 0.29) is 16.5 Å². The van der Waals surface area contributed by atoms with Crippen molar-refractivity contribution >= 4 is 33.0 Å². The fourth-order valence-electron chi connectivity index (χ4n) is 3.64. The number of aryl methyl sites for hydroxylation is 4. The summed E-state index contributed by atoms with van der Waals surface area (Å²) >= 11 is 1.13. The normalized spacial score (nSPS) is 13.6. The summed E-state index contributed by atoms with van der Waals surface area (Å²) in [6, 6.07) is 8.62. The molecule has 1 N–H and O–H groups in total. The fraction of sp³-hybridized carbons (Fsp3) is 0.360. The quantitative estimate of drug-likeness (QED) is 0.431. The van der Waals surface area contributed by atoms with Crippen LogP contribution in [0, 0.1) is 33.6 Å². The Kier molecular flexibility index (Phi) is 6.69. The van der Waals surface area contributed by atoms with Gasteiger partial charge in [-0.1, -0.05) is 6.07 Å². The lowest BCUT2D eigenvalue weighted by atomic mass is 10.1. The molecule has 1 heterocycles. The van der Waals surface area contributed by atoms with E-state index in [0.29, 0.717) is 29.6 Å². The molecule has 34 heavy (non-hydrogen) atoms. The summed E-state index contributed by atoms with van der Waals surface area (Å²) in [6.45, 7) is 8.10. The van der Waals surface area contributed by atoms with Gasteiger partial charge in [-0.15, -0.1) is 11.3 Å². The summed E-state index contributed by atoms with van der Waals surface area (Å²) in [7, 11) is -3.85. The van der Waals surface area contributed by atoms with Gasteiger partial charge in [-0.2, -0.15) is 8.42 Å². The highest BCUT2D eigenvalue weighted by Gasteiger charge is 2.35. The van der Waals surface area contributed by atoms with Crippen molar-refractivity contribution in [2.75, 3.05) is 10.8 Å². The Morgan fingerprint density at radius 3 is 2.41 bits per heavy atom. The minimum Gasteiger partial charge on any atom is -0.487 e. The first-order chi connectivity index (χ1) is 16.1. The number of carboxylic acids is 1. The van der Waals surface area contributed by atoms with Gasteiger partial charge < -0.3 is 9.84 Å². The minimum absolute atomic E-state index is 0.0786. The summed E-state index contributed by atoms with van der Waals surface area (Å²) in [5.41, 5.74) is 4.98. The molecule has 2 aromatic carbocycles. The first kappa shape index (κ1) is 24.2. The molecule has 0 atom stereocenters. The Hall–Kier alpha value is -2.91. The van der Waals surface area contributed by atoms with Gasteiger partial charge >= 0.3 is 5.97 Å². The summed E-state index contributed by atoms with van der Waals surface area (Å²) in [6.07, 6.45) is 2.00. The van der Waals surface area contributed by atoms with Crippen molar-refractivity contribution in [1.82, 2.24) is 4.98 Å². The van der Waals surface area contributed by atoms with Crippen LogP contribution in [-0.4, -0.2) is 31.0 Å². The number of rotatable bonds is 9. The van der Waals surface area contributed by atoms with E-state index in [0.717, 1.165) is 46.4 Å². The van der Waals surface area contributed by atoms with Gasteiger partial charge in [-0.25, -0.2) is 9.78 Å². The number of sulfonamides is 1. The number of aromatic carboxylic acids is 1. The average Bonchev–Trinajstić information content (AvgIpc) is 3.50. The maximum Gasteiger partial charge on any atom is 0.335 e.